The molecule has 0 aliphatic carbocycles. The lowest BCUT2D eigenvalue weighted by Crippen LogP contribution is -2.34. The average molecular weight is 321 g/mol. The summed E-state index contributed by atoms with van der Waals surface area (Å²) >= 11 is 0. The highest BCUT2D eigenvalue weighted by Gasteiger charge is 2.27. The standard InChI is InChI=1S/C13H21F2N3O2S/c1-4-18(7-5-6-17(2)3)21(19,20)13-9-12(16)10(14)8-11(13)15/h8-9H,4-7,16H2,1-3H3. The van der Waals surface area contributed by atoms with Crippen molar-refractivity contribution >= 4 is 15.7 Å². The molecule has 0 spiro atoms. The van der Waals surface area contributed by atoms with Crippen molar-refractivity contribution in [2.75, 3.05) is 39.5 Å². The predicted octanol–water partition coefficient (Wildman–Crippen LogP) is 1.51. The minimum absolute atomic E-state index is 0.201. The second-order valence-corrected chi connectivity index (χ2v) is 6.86. The van der Waals surface area contributed by atoms with Crippen LogP contribution in [-0.2, 0) is 10.0 Å². The van der Waals surface area contributed by atoms with E-state index < -0.39 is 26.6 Å². The number of nitrogens with two attached hydrogens (primary N) is 1. The van der Waals surface area contributed by atoms with Crippen LogP contribution in [0.3, 0.4) is 0 Å². The Hall–Kier alpha value is -1.25. The molecule has 1 aromatic carbocycles. The first kappa shape index (κ1) is 17.8. The topological polar surface area (TPSA) is 66.6 Å². The van der Waals surface area contributed by atoms with E-state index in [1.54, 1.807) is 6.92 Å². The molecular formula is C13H21F2N3O2S. The van der Waals surface area contributed by atoms with Gasteiger partial charge in [-0.3, -0.25) is 0 Å². The minimum Gasteiger partial charge on any atom is -0.396 e. The van der Waals surface area contributed by atoms with Crippen LogP contribution < -0.4 is 5.73 Å². The number of benzene rings is 1. The highest BCUT2D eigenvalue weighted by atomic mass is 32.2. The molecule has 0 aliphatic rings. The van der Waals surface area contributed by atoms with Gasteiger partial charge < -0.3 is 10.6 Å². The Labute approximate surface area is 124 Å². The summed E-state index contributed by atoms with van der Waals surface area (Å²) in [6.45, 7) is 2.83. The van der Waals surface area contributed by atoms with Crippen molar-refractivity contribution in [1.82, 2.24) is 9.21 Å². The normalized spacial score (nSPS) is 12.3. The first-order valence-corrected chi connectivity index (χ1v) is 8.03. The Balaban J connectivity index is 3.05. The quantitative estimate of drug-likeness (QED) is 0.773. The van der Waals surface area contributed by atoms with E-state index in [-0.39, 0.29) is 18.8 Å². The van der Waals surface area contributed by atoms with Crippen LogP contribution in [-0.4, -0.2) is 51.4 Å². The van der Waals surface area contributed by atoms with Crippen LogP contribution in [0.1, 0.15) is 13.3 Å². The molecule has 1 rings (SSSR count). The summed E-state index contributed by atoms with van der Waals surface area (Å²) in [5.74, 6) is -2.10. The van der Waals surface area contributed by atoms with Gasteiger partial charge in [-0.1, -0.05) is 6.92 Å². The van der Waals surface area contributed by atoms with Crippen molar-refractivity contribution in [3.8, 4) is 0 Å². The molecule has 0 fully saturated rings. The summed E-state index contributed by atoms with van der Waals surface area (Å²) in [6.07, 6.45) is 0.609. The van der Waals surface area contributed by atoms with Crippen molar-refractivity contribution in [2.45, 2.75) is 18.2 Å². The molecule has 0 bridgehead atoms. The van der Waals surface area contributed by atoms with Gasteiger partial charge in [0.15, 0.2) is 0 Å². The zero-order chi connectivity index (χ0) is 16.2. The van der Waals surface area contributed by atoms with Crippen LogP contribution in [0.15, 0.2) is 17.0 Å². The van der Waals surface area contributed by atoms with Gasteiger partial charge in [0.1, 0.15) is 16.5 Å². The molecule has 8 heteroatoms. The maximum Gasteiger partial charge on any atom is 0.246 e. The molecule has 1 aromatic rings. The maximum absolute atomic E-state index is 13.8. The third-order valence-corrected chi connectivity index (χ3v) is 5.02. The van der Waals surface area contributed by atoms with E-state index in [1.807, 2.05) is 19.0 Å². The molecule has 0 unspecified atom stereocenters. The number of hydrogen-bond donors (Lipinski definition) is 1. The van der Waals surface area contributed by atoms with E-state index in [2.05, 4.69) is 0 Å². The second kappa shape index (κ2) is 7.15. The number of rotatable bonds is 7. The number of hydrogen-bond acceptors (Lipinski definition) is 4. The zero-order valence-corrected chi connectivity index (χ0v) is 13.3. The Morgan fingerprint density at radius 1 is 1.14 bits per heavy atom. The Bertz CT molecular complexity index is 591. The van der Waals surface area contributed by atoms with Gasteiger partial charge in [-0.25, -0.2) is 17.2 Å². The molecule has 0 atom stereocenters. The Morgan fingerprint density at radius 2 is 1.76 bits per heavy atom. The van der Waals surface area contributed by atoms with Crippen molar-refractivity contribution in [3.05, 3.63) is 23.8 Å². The molecule has 120 valence electrons. The van der Waals surface area contributed by atoms with Crippen molar-refractivity contribution in [3.63, 3.8) is 0 Å². The molecule has 0 saturated heterocycles. The van der Waals surface area contributed by atoms with Gasteiger partial charge in [0.05, 0.1) is 5.69 Å². The highest BCUT2D eigenvalue weighted by Crippen LogP contribution is 2.24. The van der Waals surface area contributed by atoms with Crippen LogP contribution in [0.25, 0.3) is 0 Å². The van der Waals surface area contributed by atoms with E-state index in [0.717, 1.165) is 10.4 Å². The SMILES string of the molecule is CCN(CCCN(C)C)S(=O)(=O)c1cc(N)c(F)cc1F. The molecule has 5 nitrogen and oxygen atoms in total. The fourth-order valence-electron chi connectivity index (χ4n) is 1.89. The predicted molar refractivity (Wildman–Crippen MR) is 78.4 cm³/mol. The molecule has 0 aliphatic heterocycles. The Kier molecular flexibility index (Phi) is 6.06. The first-order valence-electron chi connectivity index (χ1n) is 6.59. The first-order chi connectivity index (χ1) is 9.70. The number of nitrogens with zero attached hydrogens (tertiary/aromatic N) is 2. The number of anilines is 1. The number of sulfonamides is 1. The van der Waals surface area contributed by atoms with Crippen LogP contribution in [0, 0.1) is 11.6 Å². The average Bonchev–Trinajstić information content (AvgIpc) is 2.38. The van der Waals surface area contributed by atoms with Crippen molar-refractivity contribution in [1.29, 1.82) is 0 Å². The van der Waals surface area contributed by atoms with Gasteiger partial charge in [0.2, 0.25) is 10.0 Å². The van der Waals surface area contributed by atoms with Gasteiger partial charge in [-0.15, -0.1) is 0 Å². The summed E-state index contributed by atoms with van der Waals surface area (Å²) < 4.78 is 52.9. The van der Waals surface area contributed by atoms with Crippen LogP contribution in [0.2, 0.25) is 0 Å². The van der Waals surface area contributed by atoms with E-state index in [1.165, 1.54) is 0 Å². The molecular weight excluding hydrogens is 300 g/mol. The molecule has 0 aromatic heterocycles. The van der Waals surface area contributed by atoms with Gasteiger partial charge in [0, 0.05) is 19.2 Å². The van der Waals surface area contributed by atoms with E-state index in [9.17, 15) is 17.2 Å². The molecule has 2 N–H and O–H groups in total. The fraction of sp³-hybridized carbons (Fsp3) is 0.538. The van der Waals surface area contributed by atoms with Gasteiger partial charge in [-0.05, 0) is 33.1 Å². The Morgan fingerprint density at radius 3 is 2.29 bits per heavy atom. The monoisotopic (exact) mass is 321 g/mol. The van der Waals surface area contributed by atoms with E-state index in [4.69, 9.17) is 5.73 Å². The highest BCUT2D eigenvalue weighted by molar-refractivity contribution is 7.89. The second-order valence-electron chi connectivity index (χ2n) is 4.96. The van der Waals surface area contributed by atoms with Gasteiger partial charge in [-0.2, -0.15) is 4.31 Å². The van der Waals surface area contributed by atoms with Crippen LogP contribution in [0.4, 0.5) is 14.5 Å². The lowest BCUT2D eigenvalue weighted by Gasteiger charge is -2.22. The maximum atomic E-state index is 13.8. The summed E-state index contributed by atoms with van der Waals surface area (Å²) in [4.78, 5) is 1.34. The summed E-state index contributed by atoms with van der Waals surface area (Å²) in [5.41, 5.74) is 4.95. The zero-order valence-electron chi connectivity index (χ0n) is 12.4. The van der Waals surface area contributed by atoms with Crippen LogP contribution in [0.5, 0.6) is 0 Å². The largest absolute Gasteiger partial charge is 0.396 e. The third kappa shape index (κ3) is 4.36. The van der Waals surface area contributed by atoms with E-state index in [0.29, 0.717) is 19.0 Å². The molecule has 0 amide bonds. The molecule has 21 heavy (non-hydrogen) atoms. The van der Waals surface area contributed by atoms with Gasteiger partial charge in [0.25, 0.3) is 0 Å². The van der Waals surface area contributed by atoms with Crippen molar-refractivity contribution < 1.29 is 17.2 Å². The minimum atomic E-state index is -4.03. The number of halogens is 2. The summed E-state index contributed by atoms with van der Waals surface area (Å²) in [7, 11) is -0.266. The fourth-order valence-corrected chi connectivity index (χ4v) is 3.46. The third-order valence-electron chi connectivity index (χ3n) is 3.03. The smallest absolute Gasteiger partial charge is 0.246 e. The summed E-state index contributed by atoms with van der Waals surface area (Å²) in [5, 5.41) is 0. The molecule has 0 heterocycles. The molecule has 0 radical (unpaired) electrons. The lowest BCUT2D eigenvalue weighted by molar-refractivity contribution is 0.355. The lowest BCUT2D eigenvalue weighted by atomic mass is 10.3. The van der Waals surface area contributed by atoms with E-state index >= 15 is 0 Å². The molecule has 0 saturated carbocycles. The van der Waals surface area contributed by atoms with Crippen molar-refractivity contribution in [2.24, 2.45) is 0 Å². The number of nitrogen functional groups attached to an aromatic ring is 1. The van der Waals surface area contributed by atoms with Crippen LogP contribution >= 0.6 is 0 Å². The van der Waals surface area contributed by atoms with Gasteiger partial charge >= 0.3 is 0 Å². The summed E-state index contributed by atoms with van der Waals surface area (Å²) in [6, 6.07) is 1.32.